The Bertz CT molecular complexity index is 707. The lowest BCUT2D eigenvalue weighted by Gasteiger charge is -2.63. The fourth-order valence-corrected chi connectivity index (χ4v) is 6.25. The fraction of sp³-hybridized carbons (Fsp3) is 0.810. The number of carbonyl (C=O) groups excluding carboxylic acids is 2. The van der Waals surface area contributed by atoms with Gasteiger partial charge >= 0.3 is 0 Å². The minimum Gasteiger partial charge on any atom is -0.462 e. The maximum Gasteiger partial charge on any atom is 0.286 e. The van der Waals surface area contributed by atoms with Gasteiger partial charge in [-0.15, -0.1) is 0 Å². The monoisotopic (exact) mass is 362 g/mol. The summed E-state index contributed by atoms with van der Waals surface area (Å²) < 4.78 is 12.1. The largest absolute Gasteiger partial charge is 0.462 e. The first-order valence-corrected chi connectivity index (χ1v) is 9.83. The van der Waals surface area contributed by atoms with Gasteiger partial charge in [0.2, 0.25) is 0 Å². The molecule has 2 aliphatic carbocycles. The standard InChI is InChI=1S/C21H30O5/c1-11-8-13(22)12-9-15-20(4,26-18(12)25-11)7-6-14-19(2,3)16(23)10-17(24)21(14,15)5/h11,14-16,23H,6-10H2,1-5H3/t11-,14-,15+,16-,20-,21+/m1/s1. The molecule has 0 aromatic rings. The lowest BCUT2D eigenvalue weighted by atomic mass is 9.43. The third-order valence-corrected chi connectivity index (χ3v) is 7.95. The van der Waals surface area contributed by atoms with Gasteiger partial charge in [0, 0.05) is 24.2 Å². The van der Waals surface area contributed by atoms with Crippen LogP contribution in [0.3, 0.4) is 0 Å². The van der Waals surface area contributed by atoms with Crippen molar-refractivity contribution >= 4 is 11.6 Å². The van der Waals surface area contributed by atoms with E-state index in [1.54, 1.807) is 0 Å². The highest BCUT2D eigenvalue weighted by atomic mass is 16.7. The average molecular weight is 362 g/mol. The normalized spacial score (nSPS) is 47.3. The summed E-state index contributed by atoms with van der Waals surface area (Å²) in [4.78, 5) is 25.8. The van der Waals surface area contributed by atoms with Crippen molar-refractivity contribution < 1.29 is 24.2 Å². The molecule has 2 fully saturated rings. The number of rotatable bonds is 0. The van der Waals surface area contributed by atoms with Crippen molar-refractivity contribution in [3.05, 3.63) is 11.5 Å². The zero-order valence-electron chi connectivity index (χ0n) is 16.4. The molecule has 0 aromatic heterocycles. The molecule has 144 valence electrons. The van der Waals surface area contributed by atoms with Crippen molar-refractivity contribution in [1.82, 2.24) is 0 Å². The molecule has 4 aliphatic rings. The highest BCUT2D eigenvalue weighted by molar-refractivity contribution is 5.97. The molecule has 0 unspecified atom stereocenters. The van der Waals surface area contributed by atoms with Gasteiger partial charge in [-0.25, -0.2) is 0 Å². The Morgan fingerprint density at radius 3 is 2.42 bits per heavy atom. The Morgan fingerprint density at radius 1 is 1.04 bits per heavy atom. The van der Waals surface area contributed by atoms with E-state index in [9.17, 15) is 14.7 Å². The molecule has 0 amide bonds. The van der Waals surface area contributed by atoms with E-state index in [2.05, 4.69) is 20.8 Å². The van der Waals surface area contributed by atoms with E-state index < -0.39 is 17.1 Å². The number of ether oxygens (including phenoxy) is 2. The second-order valence-electron chi connectivity index (χ2n) is 9.83. The minimum absolute atomic E-state index is 0.0762. The molecule has 0 aromatic carbocycles. The first-order chi connectivity index (χ1) is 12.0. The number of aliphatic hydroxyl groups excluding tert-OH is 1. The Hall–Kier alpha value is -1.36. The van der Waals surface area contributed by atoms with Crippen LogP contribution in [0, 0.1) is 22.7 Å². The second-order valence-corrected chi connectivity index (χ2v) is 9.83. The molecule has 5 nitrogen and oxygen atoms in total. The van der Waals surface area contributed by atoms with Gasteiger partial charge in [0.05, 0.1) is 11.7 Å². The molecule has 0 saturated heterocycles. The predicted molar refractivity (Wildman–Crippen MR) is 95.0 cm³/mol. The number of carbonyl (C=O) groups is 2. The molecule has 1 N–H and O–H groups in total. The summed E-state index contributed by atoms with van der Waals surface area (Å²) >= 11 is 0. The van der Waals surface area contributed by atoms with Crippen LogP contribution in [0.5, 0.6) is 0 Å². The molecular formula is C21H30O5. The van der Waals surface area contributed by atoms with Crippen LogP contribution in [-0.4, -0.2) is 34.5 Å². The molecule has 2 aliphatic heterocycles. The lowest BCUT2D eigenvalue weighted by Crippen LogP contribution is -2.66. The van der Waals surface area contributed by atoms with E-state index in [-0.39, 0.29) is 41.3 Å². The lowest BCUT2D eigenvalue weighted by molar-refractivity contribution is -0.221. The molecule has 2 heterocycles. The summed E-state index contributed by atoms with van der Waals surface area (Å²) in [6.07, 6.45) is 1.91. The Morgan fingerprint density at radius 2 is 1.73 bits per heavy atom. The summed E-state index contributed by atoms with van der Waals surface area (Å²) in [6.45, 7) is 10.1. The zero-order valence-corrected chi connectivity index (χ0v) is 16.4. The van der Waals surface area contributed by atoms with Crippen LogP contribution in [0.4, 0.5) is 0 Å². The van der Waals surface area contributed by atoms with E-state index in [4.69, 9.17) is 9.47 Å². The van der Waals surface area contributed by atoms with Gasteiger partial charge in [-0.1, -0.05) is 20.8 Å². The van der Waals surface area contributed by atoms with Gasteiger partial charge in [-0.2, -0.15) is 0 Å². The van der Waals surface area contributed by atoms with Crippen LogP contribution >= 0.6 is 0 Å². The van der Waals surface area contributed by atoms with Gasteiger partial charge in [-0.05, 0) is 44.4 Å². The summed E-state index contributed by atoms with van der Waals surface area (Å²) in [6, 6.07) is 0. The predicted octanol–water partition coefficient (Wildman–Crippen LogP) is 3.15. The first kappa shape index (κ1) is 18.0. The Labute approximate surface area is 155 Å². The first-order valence-electron chi connectivity index (χ1n) is 9.83. The van der Waals surface area contributed by atoms with Crippen LogP contribution in [0.2, 0.25) is 0 Å². The molecular weight excluding hydrogens is 332 g/mol. The highest BCUT2D eigenvalue weighted by Crippen LogP contribution is 2.64. The number of ketones is 2. The molecule has 0 bridgehead atoms. The van der Waals surface area contributed by atoms with Crippen molar-refractivity contribution in [2.75, 3.05) is 0 Å². The number of hydrogen-bond acceptors (Lipinski definition) is 5. The summed E-state index contributed by atoms with van der Waals surface area (Å²) in [5.41, 5.74) is -0.836. The van der Waals surface area contributed by atoms with E-state index in [1.165, 1.54) is 0 Å². The number of Topliss-reactive ketones (excluding diaryl/α,β-unsaturated/α-hetero) is 2. The average Bonchev–Trinajstić information content (AvgIpc) is 2.51. The molecule has 6 atom stereocenters. The summed E-state index contributed by atoms with van der Waals surface area (Å²) in [5, 5.41) is 10.5. The van der Waals surface area contributed by atoms with Crippen LogP contribution in [0.25, 0.3) is 0 Å². The topological polar surface area (TPSA) is 72.8 Å². The van der Waals surface area contributed by atoms with Crippen LogP contribution in [0.15, 0.2) is 11.5 Å². The van der Waals surface area contributed by atoms with E-state index in [0.29, 0.717) is 24.4 Å². The van der Waals surface area contributed by atoms with Crippen molar-refractivity contribution in [1.29, 1.82) is 0 Å². The number of aliphatic hydroxyl groups is 1. The molecule has 0 spiro atoms. The van der Waals surface area contributed by atoms with Crippen molar-refractivity contribution in [3.63, 3.8) is 0 Å². The third kappa shape index (κ3) is 2.19. The maximum absolute atomic E-state index is 13.2. The van der Waals surface area contributed by atoms with E-state index >= 15 is 0 Å². The summed E-state index contributed by atoms with van der Waals surface area (Å²) in [5.74, 6) is 0.572. The van der Waals surface area contributed by atoms with E-state index in [1.807, 2.05) is 13.8 Å². The van der Waals surface area contributed by atoms with Crippen LogP contribution in [0.1, 0.15) is 66.7 Å². The van der Waals surface area contributed by atoms with Gasteiger partial charge in [-0.3, -0.25) is 9.59 Å². The van der Waals surface area contributed by atoms with Gasteiger partial charge in [0.25, 0.3) is 5.95 Å². The second kappa shape index (κ2) is 5.34. The number of hydrogen-bond donors (Lipinski definition) is 1. The van der Waals surface area contributed by atoms with Crippen molar-refractivity contribution in [2.24, 2.45) is 22.7 Å². The van der Waals surface area contributed by atoms with Gasteiger partial charge in [0.15, 0.2) is 5.78 Å². The Kier molecular flexibility index (Phi) is 3.70. The fourth-order valence-electron chi connectivity index (χ4n) is 6.25. The van der Waals surface area contributed by atoms with Crippen LogP contribution < -0.4 is 0 Å². The van der Waals surface area contributed by atoms with E-state index in [0.717, 1.165) is 12.8 Å². The number of fused-ring (bicyclic) bond motifs is 3. The van der Waals surface area contributed by atoms with Gasteiger partial charge in [0.1, 0.15) is 17.5 Å². The number of allylic oxidation sites excluding steroid dienone is 1. The summed E-state index contributed by atoms with van der Waals surface area (Å²) in [7, 11) is 0. The quantitative estimate of drug-likeness (QED) is 0.717. The molecule has 26 heavy (non-hydrogen) atoms. The van der Waals surface area contributed by atoms with Crippen molar-refractivity contribution in [3.8, 4) is 0 Å². The van der Waals surface area contributed by atoms with Crippen LogP contribution in [-0.2, 0) is 19.1 Å². The van der Waals surface area contributed by atoms with Crippen molar-refractivity contribution in [2.45, 2.75) is 84.5 Å². The van der Waals surface area contributed by atoms with Gasteiger partial charge < -0.3 is 14.6 Å². The maximum atomic E-state index is 13.2. The Balaban J connectivity index is 1.79. The molecule has 0 radical (unpaired) electrons. The molecule has 4 rings (SSSR count). The smallest absolute Gasteiger partial charge is 0.286 e. The third-order valence-electron chi connectivity index (χ3n) is 7.95. The minimum atomic E-state index is -0.614. The SMILES string of the molecule is C[C@@H]1CC(=O)C2=C(O1)O[C@]1(C)CC[C@@H]3C(C)(C)[C@H](O)CC(=O)[C@]3(C)[C@H]1C2. The molecule has 5 heteroatoms. The zero-order chi connectivity index (χ0) is 19.1. The molecule has 2 saturated carbocycles. The highest BCUT2D eigenvalue weighted by Gasteiger charge is 2.66.